The number of hydrogen-bond acceptors (Lipinski definition) is 2. The third-order valence-electron chi connectivity index (χ3n) is 1.94. The zero-order valence-corrected chi connectivity index (χ0v) is 10.1. The van der Waals surface area contributed by atoms with Gasteiger partial charge in [-0.3, -0.25) is 0 Å². The molecule has 0 aliphatic heterocycles. The number of carboxylic acids is 1. The Morgan fingerprint density at radius 2 is 2.06 bits per heavy atom. The molecule has 1 aromatic rings. The molecule has 0 saturated carbocycles. The predicted molar refractivity (Wildman–Crippen MR) is 60.3 cm³/mol. The molecular weight excluding hydrogens is 303 g/mol. The number of carbonyl (C=O) groups is 1. The van der Waals surface area contributed by atoms with Gasteiger partial charge in [0.1, 0.15) is 0 Å². The van der Waals surface area contributed by atoms with Gasteiger partial charge in [0.15, 0.2) is 0 Å². The highest BCUT2D eigenvalue weighted by Gasteiger charge is 2.26. The minimum atomic E-state index is -4.26. The van der Waals surface area contributed by atoms with Gasteiger partial charge >= 0.3 is 12.1 Å². The van der Waals surface area contributed by atoms with Crippen LogP contribution in [0.4, 0.5) is 18.9 Å². The number of aromatic carboxylic acids is 1. The van der Waals surface area contributed by atoms with Crippen LogP contribution in [0, 0.1) is 0 Å². The molecule has 7 heteroatoms. The van der Waals surface area contributed by atoms with Gasteiger partial charge in [-0.15, -0.1) is 0 Å². The van der Waals surface area contributed by atoms with Crippen LogP contribution in [0.5, 0.6) is 0 Å². The fraction of sp³-hybridized carbons (Fsp3) is 0.300. The molecule has 1 rings (SSSR count). The Bertz CT molecular complexity index is 421. The van der Waals surface area contributed by atoms with Gasteiger partial charge in [0, 0.05) is 16.7 Å². The molecule has 0 spiro atoms. The third kappa shape index (κ3) is 4.64. The Morgan fingerprint density at radius 1 is 1.41 bits per heavy atom. The molecule has 1 aromatic carbocycles. The third-order valence-corrected chi connectivity index (χ3v) is 2.43. The Labute approximate surface area is 104 Å². The van der Waals surface area contributed by atoms with Crippen molar-refractivity contribution in [3.05, 3.63) is 28.2 Å². The van der Waals surface area contributed by atoms with E-state index in [-0.39, 0.29) is 17.8 Å². The van der Waals surface area contributed by atoms with E-state index in [2.05, 4.69) is 21.2 Å². The van der Waals surface area contributed by atoms with Crippen molar-refractivity contribution in [1.82, 2.24) is 0 Å². The number of rotatable bonds is 4. The van der Waals surface area contributed by atoms with Crippen LogP contribution in [0.3, 0.4) is 0 Å². The molecule has 3 nitrogen and oxygen atoms in total. The van der Waals surface area contributed by atoms with Crippen LogP contribution in [0.1, 0.15) is 16.8 Å². The summed E-state index contributed by atoms with van der Waals surface area (Å²) in [6.07, 6.45) is -5.28. The van der Waals surface area contributed by atoms with E-state index in [4.69, 9.17) is 5.11 Å². The summed E-state index contributed by atoms with van der Waals surface area (Å²) in [5.74, 6) is -1.19. The fourth-order valence-electron chi connectivity index (χ4n) is 1.19. The summed E-state index contributed by atoms with van der Waals surface area (Å²) in [5.41, 5.74) is 0.103. The van der Waals surface area contributed by atoms with E-state index in [1.54, 1.807) is 0 Å². The normalized spacial score (nSPS) is 11.3. The summed E-state index contributed by atoms with van der Waals surface area (Å²) < 4.78 is 36.4. The monoisotopic (exact) mass is 311 g/mol. The topological polar surface area (TPSA) is 49.3 Å². The summed E-state index contributed by atoms with van der Waals surface area (Å²) in [5, 5.41) is 11.3. The largest absolute Gasteiger partial charge is 0.478 e. The second-order valence-electron chi connectivity index (χ2n) is 3.29. The SMILES string of the molecule is O=C(O)c1ccc(Br)cc1NCCC(F)(F)F. The molecular formula is C10H9BrF3NO2. The molecule has 17 heavy (non-hydrogen) atoms. The smallest absolute Gasteiger partial charge is 0.390 e. The Kier molecular flexibility index (Phi) is 4.39. The molecule has 0 unspecified atom stereocenters. The first-order valence-electron chi connectivity index (χ1n) is 4.63. The van der Waals surface area contributed by atoms with Gasteiger partial charge < -0.3 is 10.4 Å². The number of hydrogen-bond donors (Lipinski definition) is 2. The average molecular weight is 312 g/mol. The summed E-state index contributed by atoms with van der Waals surface area (Å²) in [6.45, 7) is -0.361. The molecule has 0 atom stereocenters. The standard InChI is InChI=1S/C10H9BrF3NO2/c11-6-1-2-7(9(16)17)8(5-6)15-4-3-10(12,13)14/h1-2,5,15H,3-4H2,(H,16,17). The minimum absolute atomic E-state index is 0.0598. The molecule has 0 radical (unpaired) electrons. The van der Waals surface area contributed by atoms with E-state index in [0.717, 1.165) is 0 Å². The van der Waals surface area contributed by atoms with Crippen molar-refractivity contribution in [1.29, 1.82) is 0 Å². The van der Waals surface area contributed by atoms with Crippen molar-refractivity contribution < 1.29 is 23.1 Å². The highest BCUT2D eigenvalue weighted by atomic mass is 79.9. The quantitative estimate of drug-likeness (QED) is 0.894. The molecule has 0 heterocycles. The Balaban J connectivity index is 2.75. The van der Waals surface area contributed by atoms with Gasteiger partial charge in [-0.05, 0) is 18.2 Å². The maximum Gasteiger partial charge on any atom is 0.390 e. The first-order valence-corrected chi connectivity index (χ1v) is 5.42. The second kappa shape index (κ2) is 5.39. The molecule has 0 bridgehead atoms. The first kappa shape index (κ1) is 13.8. The van der Waals surface area contributed by atoms with Crippen LogP contribution in [-0.2, 0) is 0 Å². The van der Waals surface area contributed by atoms with Crippen molar-refractivity contribution in [3.8, 4) is 0 Å². The van der Waals surface area contributed by atoms with Crippen LogP contribution in [-0.4, -0.2) is 23.8 Å². The van der Waals surface area contributed by atoms with E-state index in [1.807, 2.05) is 0 Å². The van der Waals surface area contributed by atoms with Crippen LogP contribution < -0.4 is 5.32 Å². The van der Waals surface area contributed by atoms with Gasteiger partial charge in [-0.2, -0.15) is 13.2 Å². The van der Waals surface area contributed by atoms with E-state index >= 15 is 0 Å². The lowest BCUT2D eigenvalue weighted by Gasteiger charge is -2.11. The Morgan fingerprint density at radius 3 is 2.59 bits per heavy atom. The van der Waals surface area contributed by atoms with Crippen LogP contribution in [0.15, 0.2) is 22.7 Å². The number of benzene rings is 1. The van der Waals surface area contributed by atoms with Gasteiger partial charge in [-0.1, -0.05) is 15.9 Å². The number of halogens is 4. The fourth-order valence-corrected chi connectivity index (χ4v) is 1.55. The van der Waals surface area contributed by atoms with E-state index in [9.17, 15) is 18.0 Å². The van der Waals surface area contributed by atoms with Gasteiger partial charge in [0.2, 0.25) is 0 Å². The molecule has 0 aliphatic carbocycles. The maximum atomic E-state index is 11.9. The molecule has 94 valence electrons. The Hall–Kier alpha value is -1.24. The summed E-state index contributed by atoms with van der Waals surface area (Å²) >= 11 is 3.12. The molecule has 0 aliphatic rings. The zero-order chi connectivity index (χ0) is 13.1. The predicted octanol–water partition coefficient (Wildman–Crippen LogP) is 3.51. The maximum absolute atomic E-state index is 11.9. The first-order chi connectivity index (χ1) is 7.79. The molecule has 0 fully saturated rings. The lowest BCUT2D eigenvalue weighted by Crippen LogP contribution is -2.16. The van der Waals surface area contributed by atoms with Gasteiger partial charge in [0.05, 0.1) is 12.0 Å². The molecule has 0 saturated heterocycles. The number of nitrogens with one attached hydrogen (secondary N) is 1. The minimum Gasteiger partial charge on any atom is -0.478 e. The van der Waals surface area contributed by atoms with E-state index < -0.39 is 18.6 Å². The highest BCUT2D eigenvalue weighted by molar-refractivity contribution is 9.10. The highest BCUT2D eigenvalue weighted by Crippen LogP contribution is 2.23. The zero-order valence-electron chi connectivity index (χ0n) is 8.51. The van der Waals surface area contributed by atoms with Gasteiger partial charge in [-0.25, -0.2) is 4.79 Å². The van der Waals surface area contributed by atoms with E-state index in [1.165, 1.54) is 18.2 Å². The van der Waals surface area contributed by atoms with Crippen LogP contribution in [0.2, 0.25) is 0 Å². The summed E-state index contributed by atoms with van der Waals surface area (Å²) in [7, 11) is 0. The lowest BCUT2D eigenvalue weighted by molar-refractivity contribution is -0.131. The molecule has 2 N–H and O–H groups in total. The number of alkyl halides is 3. The summed E-state index contributed by atoms with van der Waals surface area (Å²) in [6, 6.07) is 4.26. The molecule has 0 aromatic heterocycles. The number of carboxylic acid groups (broad SMARTS) is 1. The molecule has 0 amide bonds. The van der Waals surface area contributed by atoms with Crippen molar-refractivity contribution in [2.24, 2.45) is 0 Å². The number of anilines is 1. The van der Waals surface area contributed by atoms with Crippen molar-refractivity contribution in [2.45, 2.75) is 12.6 Å². The lowest BCUT2D eigenvalue weighted by atomic mass is 10.2. The second-order valence-corrected chi connectivity index (χ2v) is 4.20. The van der Waals surface area contributed by atoms with Crippen molar-refractivity contribution in [2.75, 3.05) is 11.9 Å². The summed E-state index contributed by atoms with van der Waals surface area (Å²) in [4.78, 5) is 10.8. The van der Waals surface area contributed by atoms with Crippen LogP contribution >= 0.6 is 15.9 Å². The van der Waals surface area contributed by atoms with Gasteiger partial charge in [0.25, 0.3) is 0 Å². The van der Waals surface area contributed by atoms with Crippen molar-refractivity contribution >= 4 is 27.6 Å². The average Bonchev–Trinajstić information content (AvgIpc) is 2.15. The van der Waals surface area contributed by atoms with E-state index in [0.29, 0.717) is 4.47 Å². The van der Waals surface area contributed by atoms with Crippen LogP contribution in [0.25, 0.3) is 0 Å². The van der Waals surface area contributed by atoms with Crippen molar-refractivity contribution in [3.63, 3.8) is 0 Å².